The molecule has 3 aromatic heterocycles. The van der Waals surface area contributed by atoms with E-state index in [9.17, 15) is 0 Å². The van der Waals surface area contributed by atoms with Crippen molar-refractivity contribution >= 4 is 49.7 Å². The number of hydrogen-bond donors (Lipinski definition) is 0. The summed E-state index contributed by atoms with van der Waals surface area (Å²) in [7, 11) is 2.09. The third-order valence-corrected chi connectivity index (χ3v) is 13.4. The molecule has 66 heavy (non-hydrogen) atoms. The van der Waals surface area contributed by atoms with E-state index in [1.165, 1.54) is 54.6 Å². The van der Waals surface area contributed by atoms with Crippen LogP contribution in [0.2, 0.25) is 0 Å². The molecule has 3 heterocycles. The van der Waals surface area contributed by atoms with Gasteiger partial charge in [-0.25, -0.2) is 0 Å². The highest BCUT2D eigenvalue weighted by molar-refractivity contribution is 6.36. The van der Waals surface area contributed by atoms with Crippen molar-refractivity contribution in [1.82, 2.24) is 15.0 Å². The summed E-state index contributed by atoms with van der Waals surface area (Å²) in [6.07, 6.45) is -13.3. The lowest BCUT2D eigenvalue weighted by Crippen LogP contribution is -2.52. The molecule has 0 spiro atoms. The van der Waals surface area contributed by atoms with Crippen molar-refractivity contribution in [1.29, 1.82) is 0 Å². The Morgan fingerprint density at radius 3 is 0.818 bits per heavy atom. The lowest BCUT2D eigenvalue weighted by atomic mass is 9.78. The van der Waals surface area contributed by atoms with Crippen LogP contribution in [0.25, 0.3) is 32.3 Å². The van der Waals surface area contributed by atoms with E-state index in [2.05, 4.69) is 15.0 Å². The molecule has 6 atom stereocenters. The highest BCUT2D eigenvalue weighted by Crippen LogP contribution is 2.62. The number of benzene rings is 4. The van der Waals surface area contributed by atoms with Crippen molar-refractivity contribution in [2.75, 3.05) is 21.3 Å². The molecular formula is C48H30F9N3O6. The first-order valence-corrected chi connectivity index (χ1v) is 20.0. The maximum Gasteiger partial charge on any atom is 0.429 e. The topological polar surface area (TPSA) is 118 Å². The van der Waals surface area contributed by atoms with E-state index in [1.807, 2.05) is 0 Å². The monoisotopic (exact) mass is 915 g/mol. The smallest absolute Gasteiger partial charge is 0.358 e. The first-order valence-electron chi connectivity index (χ1n) is 20.0. The summed E-state index contributed by atoms with van der Waals surface area (Å²) in [4.78, 5) is 58.7. The van der Waals surface area contributed by atoms with E-state index >= 15 is 53.9 Å². The first-order chi connectivity index (χ1) is 31.3. The molecule has 3 aliphatic rings. The Balaban J connectivity index is 1.31. The van der Waals surface area contributed by atoms with Gasteiger partial charge in [0.05, 0.1) is 34.8 Å². The number of nitrogens with zero attached hydrogens (tertiary/aromatic N) is 3. The number of Topliss-reactive ketones (excluding diaryl/α,β-unsaturated/α-hetero) is 3. The first kappa shape index (κ1) is 43.3. The quantitative estimate of drug-likeness (QED) is 0.0873. The van der Waals surface area contributed by atoms with Gasteiger partial charge in [-0.1, -0.05) is 91.0 Å². The Hall–Kier alpha value is -6.63. The van der Waals surface area contributed by atoms with Gasteiger partial charge in [-0.05, 0) is 32.8 Å². The lowest BCUT2D eigenvalue weighted by molar-refractivity contribution is -0.265. The van der Waals surface area contributed by atoms with Gasteiger partial charge >= 0.3 is 18.5 Å². The van der Waals surface area contributed by atoms with Crippen LogP contribution in [0.15, 0.2) is 110 Å². The molecule has 10 rings (SSSR count). The maximum absolute atomic E-state index is 15.6. The van der Waals surface area contributed by atoms with Gasteiger partial charge in [0.2, 0.25) is 16.8 Å². The van der Waals surface area contributed by atoms with Gasteiger partial charge in [0.15, 0.2) is 17.3 Å². The lowest BCUT2D eigenvalue weighted by Gasteiger charge is -2.35. The molecule has 7 aromatic rings. The summed E-state index contributed by atoms with van der Waals surface area (Å²) in [5, 5.41) is -0.455. The van der Waals surface area contributed by atoms with Crippen LogP contribution >= 0.6 is 0 Å². The SMILES string of the molecule is CO[C@@](C(=O)C1c2cnc3c4c2c2c1ncc1c2c2c(ncc(c42)C3C(=O)[C@](OC)(c2ccccc2)C(F)(F)F)C1C(=O)[C@](OC)(c1ccccc1)C(F)(F)F)(c1ccccc1)C(F)(F)F. The highest BCUT2D eigenvalue weighted by Gasteiger charge is 2.68. The normalized spacial score (nSPS) is 20.1. The van der Waals surface area contributed by atoms with Crippen LogP contribution in [-0.2, 0) is 45.4 Å². The van der Waals surface area contributed by atoms with Crippen molar-refractivity contribution in [3.63, 3.8) is 0 Å². The van der Waals surface area contributed by atoms with Gasteiger partial charge in [-0.15, -0.1) is 0 Å². The van der Waals surface area contributed by atoms with Crippen molar-refractivity contribution in [3.05, 3.63) is 160 Å². The van der Waals surface area contributed by atoms with Crippen LogP contribution in [0.1, 0.15) is 68.2 Å². The molecule has 18 heteroatoms. The van der Waals surface area contributed by atoms with Gasteiger partial charge < -0.3 is 14.2 Å². The number of carbonyl (C=O) groups excluding carboxylic acids is 3. The second-order valence-electron chi connectivity index (χ2n) is 16.2. The second kappa shape index (κ2) is 14.2. The molecule has 0 radical (unpaired) electrons. The van der Waals surface area contributed by atoms with Crippen LogP contribution < -0.4 is 0 Å². The Bertz CT molecular complexity index is 2750. The molecule has 3 unspecified atom stereocenters. The van der Waals surface area contributed by atoms with Crippen molar-refractivity contribution < 1.29 is 68.1 Å². The number of halogens is 9. The van der Waals surface area contributed by atoms with Gasteiger partial charge in [0, 0.05) is 72.8 Å². The third-order valence-electron chi connectivity index (χ3n) is 13.4. The average molecular weight is 916 g/mol. The zero-order chi connectivity index (χ0) is 47.1. The minimum Gasteiger partial charge on any atom is -0.358 e. The molecular weight excluding hydrogens is 886 g/mol. The molecule has 4 aromatic carbocycles. The van der Waals surface area contributed by atoms with Crippen molar-refractivity contribution in [2.45, 2.75) is 53.1 Å². The molecule has 336 valence electrons. The Morgan fingerprint density at radius 2 is 0.621 bits per heavy atom. The number of pyridine rings is 3. The number of carbonyl (C=O) groups is 3. The number of hydrogen-bond acceptors (Lipinski definition) is 9. The third kappa shape index (κ3) is 5.14. The van der Waals surface area contributed by atoms with Gasteiger partial charge in [-0.3, -0.25) is 29.3 Å². The van der Waals surface area contributed by atoms with Gasteiger partial charge in [0.25, 0.3) is 0 Å². The number of ether oxygens (including phenoxy) is 3. The summed E-state index contributed by atoms with van der Waals surface area (Å²) in [6, 6.07) is 18.1. The van der Waals surface area contributed by atoms with Crippen LogP contribution in [0, 0.1) is 0 Å². The fraction of sp³-hybridized carbons (Fsp3) is 0.250. The van der Waals surface area contributed by atoms with E-state index in [-0.39, 0.29) is 66.1 Å². The molecule has 0 bridgehead atoms. The number of aromatic nitrogens is 3. The molecule has 9 nitrogen and oxygen atoms in total. The second-order valence-corrected chi connectivity index (χ2v) is 16.2. The maximum atomic E-state index is 15.6. The molecule has 3 aliphatic carbocycles. The van der Waals surface area contributed by atoms with E-state index in [1.54, 1.807) is 0 Å². The minimum atomic E-state index is -5.43. The molecule has 0 amide bonds. The van der Waals surface area contributed by atoms with Crippen LogP contribution in [-0.4, -0.2) is 72.2 Å². The van der Waals surface area contributed by atoms with Crippen LogP contribution in [0.4, 0.5) is 39.5 Å². The van der Waals surface area contributed by atoms with Crippen LogP contribution in [0.5, 0.6) is 0 Å². The predicted octanol–water partition coefficient (Wildman–Crippen LogP) is 9.69. The van der Waals surface area contributed by atoms with E-state index in [0.29, 0.717) is 21.3 Å². The fourth-order valence-corrected chi connectivity index (χ4v) is 10.7. The van der Waals surface area contributed by atoms with E-state index in [0.717, 1.165) is 55.0 Å². The molecule has 0 saturated carbocycles. The number of methoxy groups -OCH3 is 3. The Kier molecular flexibility index (Phi) is 9.30. The largest absolute Gasteiger partial charge is 0.429 e. The standard InChI is InChI=1S/C48H30F9N3O6/c1-64-43(46(49,50)51,22-13-7-4-8-14-22)40(61)31-25-19-59-38-33(42(63)45(66-3,48(55,56)57)24-17-11-6-12-18-24)27-21-60-39-32(41(62)44(65-2,47(52,53)54)23-15-9-5-10-16-23)26-20-58-37(31)34-28(25)35(38)30(27)36(39)29(26)34/h4-21,31-33H,1-3H3/t31?,32?,33?,43-,44-,45-/m1/s1. The highest BCUT2D eigenvalue weighted by atomic mass is 19.4. The van der Waals surface area contributed by atoms with Gasteiger partial charge in [-0.2, -0.15) is 39.5 Å². The molecule has 0 N–H and O–H groups in total. The Labute approximate surface area is 366 Å². The number of ketones is 3. The molecule has 0 fully saturated rings. The summed E-state index contributed by atoms with van der Waals surface area (Å²) in [5.41, 5.74) is -14.4. The van der Waals surface area contributed by atoms with Crippen molar-refractivity contribution in [3.8, 4) is 0 Å². The van der Waals surface area contributed by atoms with E-state index < -0.39 is 87.1 Å². The number of rotatable bonds is 12. The number of alkyl halides is 9. The zero-order valence-electron chi connectivity index (χ0n) is 34.3. The summed E-state index contributed by atoms with van der Waals surface area (Å²) < 4.78 is 156. The summed E-state index contributed by atoms with van der Waals surface area (Å²) >= 11 is 0. The summed E-state index contributed by atoms with van der Waals surface area (Å²) in [6.45, 7) is 0. The zero-order valence-corrected chi connectivity index (χ0v) is 34.3. The van der Waals surface area contributed by atoms with Crippen molar-refractivity contribution in [2.24, 2.45) is 0 Å². The van der Waals surface area contributed by atoms with Crippen LogP contribution in [0.3, 0.4) is 0 Å². The van der Waals surface area contributed by atoms with Gasteiger partial charge in [0.1, 0.15) is 0 Å². The minimum absolute atomic E-state index is 0.0566. The predicted molar refractivity (Wildman–Crippen MR) is 216 cm³/mol. The summed E-state index contributed by atoms with van der Waals surface area (Å²) in [5.74, 6) is -10.7. The Morgan fingerprint density at radius 1 is 0.394 bits per heavy atom. The molecule has 0 saturated heterocycles. The van der Waals surface area contributed by atoms with E-state index in [4.69, 9.17) is 14.2 Å². The average Bonchev–Trinajstić information content (AvgIpc) is 3.92. The fourth-order valence-electron chi connectivity index (χ4n) is 10.7. The molecule has 0 aliphatic heterocycles.